The van der Waals surface area contributed by atoms with Gasteiger partial charge in [-0.1, -0.05) is 30.3 Å². The van der Waals surface area contributed by atoms with Crippen molar-refractivity contribution in [2.24, 2.45) is 0 Å². The zero-order valence-corrected chi connectivity index (χ0v) is 8.47. The lowest BCUT2D eigenvalue weighted by Crippen LogP contribution is -1.95. The van der Waals surface area contributed by atoms with Crippen LogP contribution in [0.5, 0.6) is 0 Å². The number of hydrogen-bond acceptors (Lipinski definition) is 3. The second-order valence-corrected chi connectivity index (χ2v) is 2.95. The maximum absolute atomic E-state index is 10.8. The Balaban J connectivity index is 2.68. The largest absolute Gasteiger partial charge is 0.466 e. The molecule has 15 heavy (non-hydrogen) atoms. The Hall–Kier alpha value is -1.90. The summed E-state index contributed by atoms with van der Waals surface area (Å²) in [6, 6.07) is 7.26. The van der Waals surface area contributed by atoms with E-state index < -0.39 is 5.97 Å². The van der Waals surface area contributed by atoms with Crippen LogP contribution in [0.1, 0.15) is 15.9 Å². The first-order valence-electron chi connectivity index (χ1n) is 4.55. The van der Waals surface area contributed by atoms with Crippen LogP contribution in [0.3, 0.4) is 0 Å². The Morgan fingerprint density at radius 3 is 2.80 bits per heavy atom. The average Bonchev–Trinajstić information content (AvgIpc) is 2.29. The van der Waals surface area contributed by atoms with E-state index in [4.69, 9.17) is 0 Å². The Labute approximate surface area is 88.4 Å². The quantitative estimate of drug-likeness (QED) is 0.426. The van der Waals surface area contributed by atoms with Crippen molar-refractivity contribution in [2.75, 3.05) is 7.11 Å². The molecule has 0 saturated carbocycles. The van der Waals surface area contributed by atoms with Crippen molar-refractivity contribution in [1.82, 2.24) is 0 Å². The first kappa shape index (κ1) is 11.2. The zero-order chi connectivity index (χ0) is 11.1. The van der Waals surface area contributed by atoms with Gasteiger partial charge in [0.15, 0.2) is 0 Å². The SMILES string of the molecule is COC(=O)C=CCc1ccccc1C=O. The van der Waals surface area contributed by atoms with E-state index in [1.165, 1.54) is 13.2 Å². The maximum atomic E-state index is 10.8. The fraction of sp³-hybridized carbons (Fsp3) is 0.167. The van der Waals surface area contributed by atoms with Gasteiger partial charge in [-0.15, -0.1) is 0 Å². The molecule has 0 heterocycles. The molecule has 1 aromatic carbocycles. The molecule has 3 heteroatoms. The molecular formula is C12H12O3. The summed E-state index contributed by atoms with van der Waals surface area (Å²) >= 11 is 0. The highest BCUT2D eigenvalue weighted by molar-refractivity contribution is 5.82. The van der Waals surface area contributed by atoms with Crippen molar-refractivity contribution in [3.8, 4) is 0 Å². The number of benzene rings is 1. The van der Waals surface area contributed by atoms with Gasteiger partial charge in [0.05, 0.1) is 7.11 Å². The molecule has 0 aliphatic heterocycles. The molecule has 0 amide bonds. The number of hydrogen-bond donors (Lipinski definition) is 0. The molecule has 0 bridgehead atoms. The molecule has 0 aromatic heterocycles. The molecule has 0 unspecified atom stereocenters. The summed E-state index contributed by atoms with van der Waals surface area (Å²) < 4.78 is 4.45. The number of carbonyl (C=O) groups excluding carboxylic acids is 2. The molecule has 0 spiro atoms. The van der Waals surface area contributed by atoms with Gasteiger partial charge in [0, 0.05) is 11.6 Å². The van der Waals surface area contributed by atoms with Gasteiger partial charge in [-0.2, -0.15) is 0 Å². The van der Waals surface area contributed by atoms with Crippen molar-refractivity contribution >= 4 is 12.3 Å². The standard InChI is InChI=1S/C12H12O3/c1-15-12(14)8-4-7-10-5-2-3-6-11(10)9-13/h2-6,8-9H,7H2,1H3. The fourth-order valence-electron chi connectivity index (χ4n) is 1.19. The molecule has 1 aromatic rings. The number of esters is 1. The Morgan fingerprint density at radius 2 is 2.13 bits per heavy atom. The van der Waals surface area contributed by atoms with Gasteiger partial charge in [-0.3, -0.25) is 4.79 Å². The summed E-state index contributed by atoms with van der Waals surface area (Å²) in [5.41, 5.74) is 1.54. The van der Waals surface area contributed by atoms with Crippen LogP contribution in [0.15, 0.2) is 36.4 Å². The minimum absolute atomic E-state index is 0.390. The summed E-state index contributed by atoms with van der Waals surface area (Å²) in [5, 5.41) is 0. The molecule has 0 aliphatic rings. The molecule has 1 rings (SSSR count). The first-order chi connectivity index (χ1) is 7.27. The van der Waals surface area contributed by atoms with Gasteiger partial charge in [0.1, 0.15) is 6.29 Å². The molecule has 0 N–H and O–H groups in total. The highest BCUT2D eigenvalue weighted by Gasteiger charge is 1.98. The molecular weight excluding hydrogens is 192 g/mol. The molecule has 0 fully saturated rings. The van der Waals surface area contributed by atoms with Crippen molar-refractivity contribution < 1.29 is 14.3 Å². The topological polar surface area (TPSA) is 43.4 Å². The third-order valence-corrected chi connectivity index (χ3v) is 1.97. The predicted molar refractivity (Wildman–Crippen MR) is 56.7 cm³/mol. The fourth-order valence-corrected chi connectivity index (χ4v) is 1.19. The van der Waals surface area contributed by atoms with E-state index in [9.17, 15) is 9.59 Å². The highest BCUT2D eigenvalue weighted by Crippen LogP contribution is 2.07. The van der Waals surface area contributed by atoms with E-state index in [2.05, 4.69) is 4.74 Å². The third kappa shape index (κ3) is 3.38. The van der Waals surface area contributed by atoms with E-state index in [0.717, 1.165) is 11.8 Å². The lowest BCUT2D eigenvalue weighted by molar-refractivity contribution is -0.134. The van der Waals surface area contributed by atoms with E-state index in [-0.39, 0.29) is 0 Å². The van der Waals surface area contributed by atoms with Crippen LogP contribution in [0.4, 0.5) is 0 Å². The van der Waals surface area contributed by atoms with Crippen LogP contribution in [0.25, 0.3) is 0 Å². The lowest BCUT2D eigenvalue weighted by atomic mass is 10.1. The normalized spacial score (nSPS) is 10.2. The second kappa shape index (κ2) is 5.75. The Bertz CT molecular complexity index is 380. The molecule has 0 radical (unpaired) electrons. The number of allylic oxidation sites excluding steroid dienone is 1. The number of aldehydes is 1. The van der Waals surface area contributed by atoms with Crippen LogP contribution in [-0.4, -0.2) is 19.4 Å². The summed E-state index contributed by atoms with van der Waals surface area (Å²) in [5.74, 6) is -0.390. The van der Waals surface area contributed by atoms with E-state index in [1.807, 2.05) is 12.1 Å². The van der Waals surface area contributed by atoms with E-state index >= 15 is 0 Å². The minimum Gasteiger partial charge on any atom is -0.466 e. The third-order valence-electron chi connectivity index (χ3n) is 1.97. The van der Waals surface area contributed by atoms with E-state index in [0.29, 0.717) is 12.0 Å². The number of methoxy groups -OCH3 is 1. The lowest BCUT2D eigenvalue weighted by Gasteiger charge is -1.99. The summed E-state index contributed by atoms with van der Waals surface area (Å²) in [4.78, 5) is 21.4. The van der Waals surface area contributed by atoms with Gasteiger partial charge in [-0.25, -0.2) is 4.79 Å². The second-order valence-electron chi connectivity index (χ2n) is 2.95. The highest BCUT2D eigenvalue weighted by atomic mass is 16.5. The van der Waals surface area contributed by atoms with Gasteiger partial charge in [0.2, 0.25) is 0 Å². The van der Waals surface area contributed by atoms with E-state index in [1.54, 1.807) is 18.2 Å². The van der Waals surface area contributed by atoms with Gasteiger partial charge >= 0.3 is 5.97 Å². The molecule has 0 atom stereocenters. The van der Waals surface area contributed by atoms with Crippen molar-refractivity contribution in [1.29, 1.82) is 0 Å². The average molecular weight is 204 g/mol. The van der Waals surface area contributed by atoms with Crippen LogP contribution in [0.2, 0.25) is 0 Å². The van der Waals surface area contributed by atoms with Gasteiger partial charge < -0.3 is 4.74 Å². The maximum Gasteiger partial charge on any atom is 0.330 e. The molecule has 3 nitrogen and oxygen atoms in total. The Kier molecular flexibility index (Phi) is 4.29. The monoisotopic (exact) mass is 204 g/mol. The minimum atomic E-state index is -0.390. The molecule has 78 valence electrons. The first-order valence-corrected chi connectivity index (χ1v) is 4.55. The van der Waals surface area contributed by atoms with Crippen molar-refractivity contribution in [3.05, 3.63) is 47.5 Å². The van der Waals surface area contributed by atoms with Crippen LogP contribution >= 0.6 is 0 Å². The van der Waals surface area contributed by atoms with Crippen LogP contribution in [-0.2, 0) is 16.0 Å². The summed E-state index contributed by atoms with van der Waals surface area (Å²) in [7, 11) is 1.33. The van der Waals surface area contributed by atoms with Crippen LogP contribution < -0.4 is 0 Å². The zero-order valence-electron chi connectivity index (χ0n) is 8.47. The summed E-state index contributed by atoms with van der Waals surface area (Å²) in [6.07, 6.45) is 4.38. The Morgan fingerprint density at radius 1 is 1.40 bits per heavy atom. The van der Waals surface area contributed by atoms with Crippen LogP contribution in [0, 0.1) is 0 Å². The number of rotatable bonds is 4. The molecule has 0 aliphatic carbocycles. The molecule has 0 saturated heterocycles. The van der Waals surface area contributed by atoms with Crippen molar-refractivity contribution in [2.45, 2.75) is 6.42 Å². The smallest absolute Gasteiger partial charge is 0.330 e. The number of ether oxygens (including phenoxy) is 1. The summed E-state index contributed by atoms with van der Waals surface area (Å²) in [6.45, 7) is 0. The van der Waals surface area contributed by atoms with Gasteiger partial charge in [-0.05, 0) is 12.0 Å². The van der Waals surface area contributed by atoms with Gasteiger partial charge in [0.25, 0.3) is 0 Å². The number of carbonyl (C=O) groups is 2. The predicted octanol–water partition coefficient (Wildman–Crippen LogP) is 1.77. The van der Waals surface area contributed by atoms with Crippen molar-refractivity contribution in [3.63, 3.8) is 0 Å².